The highest BCUT2D eigenvalue weighted by atomic mass is 16.3. The Labute approximate surface area is 133 Å². The molecule has 1 aliphatic carbocycles. The first-order chi connectivity index (χ1) is 10.3. The Hall–Kier alpha value is -1.10. The molecule has 126 valence electrons. The van der Waals surface area contributed by atoms with Crippen LogP contribution < -0.4 is 5.32 Å². The summed E-state index contributed by atoms with van der Waals surface area (Å²) in [5, 5.41) is 13.1. The molecule has 0 radical (unpaired) electrons. The van der Waals surface area contributed by atoms with E-state index in [9.17, 15) is 14.7 Å². The molecule has 1 saturated carbocycles. The molecule has 5 nitrogen and oxygen atoms in total. The Balaban J connectivity index is 1.92. The van der Waals surface area contributed by atoms with Gasteiger partial charge in [-0.2, -0.15) is 0 Å². The standard InChI is InChI=1S/C17H30N2O3/c1-12(18-15(20)13-8-5-4-6-9-13)16(21)19-11-7-10-14(19)17(2,3)22/h12-14,22H,4-11H2,1-3H3,(H,18,20). The van der Waals surface area contributed by atoms with Gasteiger partial charge in [0, 0.05) is 12.5 Å². The number of carbonyl (C=O) groups is 2. The van der Waals surface area contributed by atoms with Crippen LogP contribution >= 0.6 is 0 Å². The van der Waals surface area contributed by atoms with Crippen molar-refractivity contribution in [3.8, 4) is 0 Å². The molecule has 1 heterocycles. The molecule has 0 aromatic rings. The second kappa shape index (κ2) is 6.99. The number of hydrogen-bond acceptors (Lipinski definition) is 3. The molecule has 2 atom stereocenters. The lowest BCUT2D eigenvalue weighted by molar-refractivity contribution is -0.141. The zero-order valence-corrected chi connectivity index (χ0v) is 14.1. The third-order valence-electron chi connectivity index (χ3n) is 5.06. The first-order valence-corrected chi connectivity index (χ1v) is 8.64. The molecular weight excluding hydrogens is 280 g/mol. The number of aliphatic hydroxyl groups is 1. The Bertz CT molecular complexity index is 411. The minimum atomic E-state index is -0.904. The van der Waals surface area contributed by atoms with E-state index in [1.807, 2.05) is 0 Å². The van der Waals surface area contributed by atoms with Gasteiger partial charge >= 0.3 is 0 Å². The maximum atomic E-state index is 12.6. The average Bonchev–Trinajstić information content (AvgIpc) is 2.96. The van der Waals surface area contributed by atoms with Crippen LogP contribution in [0.1, 0.15) is 65.7 Å². The lowest BCUT2D eigenvalue weighted by Gasteiger charge is -2.35. The monoisotopic (exact) mass is 310 g/mol. The summed E-state index contributed by atoms with van der Waals surface area (Å²) >= 11 is 0. The third-order valence-corrected chi connectivity index (χ3v) is 5.06. The van der Waals surface area contributed by atoms with Crippen LogP contribution in [0.5, 0.6) is 0 Å². The van der Waals surface area contributed by atoms with Crippen LogP contribution in [0.15, 0.2) is 0 Å². The zero-order chi connectivity index (χ0) is 16.3. The van der Waals surface area contributed by atoms with Crippen LogP contribution in [0.2, 0.25) is 0 Å². The number of amides is 2. The normalized spacial score (nSPS) is 25.1. The number of hydrogen-bond donors (Lipinski definition) is 2. The minimum Gasteiger partial charge on any atom is -0.388 e. The fraction of sp³-hybridized carbons (Fsp3) is 0.882. The van der Waals surface area contributed by atoms with Gasteiger partial charge in [-0.15, -0.1) is 0 Å². The van der Waals surface area contributed by atoms with E-state index in [0.717, 1.165) is 38.5 Å². The highest BCUT2D eigenvalue weighted by Crippen LogP contribution is 2.28. The van der Waals surface area contributed by atoms with E-state index >= 15 is 0 Å². The van der Waals surface area contributed by atoms with Crippen LogP contribution in [-0.4, -0.2) is 46.1 Å². The van der Waals surface area contributed by atoms with Gasteiger partial charge in [-0.3, -0.25) is 9.59 Å². The predicted octanol–water partition coefficient (Wildman–Crippen LogP) is 1.83. The molecule has 2 amide bonds. The van der Waals surface area contributed by atoms with E-state index in [2.05, 4.69) is 5.32 Å². The van der Waals surface area contributed by atoms with Crippen molar-refractivity contribution < 1.29 is 14.7 Å². The number of carbonyl (C=O) groups excluding carboxylic acids is 2. The first-order valence-electron chi connectivity index (χ1n) is 8.64. The summed E-state index contributed by atoms with van der Waals surface area (Å²) in [6.07, 6.45) is 7.01. The summed E-state index contributed by atoms with van der Waals surface area (Å²) in [6, 6.07) is -0.675. The average molecular weight is 310 g/mol. The number of nitrogens with zero attached hydrogens (tertiary/aromatic N) is 1. The van der Waals surface area contributed by atoms with Crippen molar-refractivity contribution in [2.75, 3.05) is 6.54 Å². The van der Waals surface area contributed by atoms with E-state index in [1.165, 1.54) is 6.42 Å². The zero-order valence-electron chi connectivity index (χ0n) is 14.1. The Morgan fingerprint density at radius 1 is 1.14 bits per heavy atom. The summed E-state index contributed by atoms with van der Waals surface area (Å²) in [4.78, 5) is 26.6. The molecule has 2 aliphatic rings. The molecule has 2 unspecified atom stereocenters. The maximum Gasteiger partial charge on any atom is 0.245 e. The largest absolute Gasteiger partial charge is 0.388 e. The van der Waals surface area contributed by atoms with Gasteiger partial charge in [-0.25, -0.2) is 0 Å². The molecule has 0 bridgehead atoms. The van der Waals surface area contributed by atoms with Gasteiger partial charge in [0.2, 0.25) is 11.8 Å². The third kappa shape index (κ3) is 4.00. The highest BCUT2D eigenvalue weighted by molar-refractivity contribution is 5.88. The van der Waals surface area contributed by atoms with Crippen molar-refractivity contribution in [1.82, 2.24) is 10.2 Å². The van der Waals surface area contributed by atoms with Crippen LogP contribution in [-0.2, 0) is 9.59 Å². The quantitative estimate of drug-likeness (QED) is 0.832. The van der Waals surface area contributed by atoms with Crippen molar-refractivity contribution in [1.29, 1.82) is 0 Å². The summed E-state index contributed by atoms with van der Waals surface area (Å²) in [5.74, 6) is 0.000924. The molecule has 0 aromatic heterocycles. The highest BCUT2D eigenvalue weighted by Gasteiger charge is 2.40. The van der Waals surface area contributed by atoms with Gasteiger partial charge in [0.25, 0.3) is 0 Å². The van der Waals surface area contributed by atoms with Crippen molar-refractivity contribution >= 4 is 11.8 Å². The fourth-order valence-corrected chi connectivity index (χ4v) is 3.77. The van der Waals surface area contributed by atoms with Gasteiger partial charge in [0.05, 0.1) is 11.6 Å². The van der Waals surface area contributed by atoms with Crippen molar-refractivity contribution in [2.24, 2.45) is 5.92 Å². The van der Waals surface area contributed by atoms with E-state index in [-0.39, 0.29) is 23.8 Å². The number of rotatable bonds is 4. The van der Waals surface area contributed by atoms with Gasteiger partial charge < -0.3 is 15.3 Å². The maximum absolute atomic E-state index is 12.6. The van der Waals surface area contributed by atoms with Crippen molar-refractivity contribution in [3.63, 3.8) is 0 Å². The second-order valence-corrected chi connectivity index (χ2v) is 7.41. The molecule has 5 heteroatoms. The topological polar surface area (TPSA) is 69.6 Å². The summed E-state index contributed by atoms with van der Waals surface area (Å²) in [6.45, 7) is 5.91. The van der Waals surface area contributed by atoms with E-state index in [4.69, 9.17) is 0 Å². The Morgan fingerprint density at radius 3 is 2.36 bits per heavy atom. The molecule has 0 aromatic carbocycles. The predicted molar refractivity (Wildman–Crippen MR) is 85.2 cm³/mol. The van der Waals surface area contributed by atoms with Crippen LogP contribution in [0, 0.1) is 5.92 Å². The van der Waals surface area contributed by atoms with Crippen molar-refractivity contribution in [2.45, 2.75) is 83.4 Å². The van der Waals surface area contributed by atoms with Gasteiger partial charge in [0.15, 0.2) is 0 Å². The second-order valence-electron chi connectivity index (χ2n) is 7.41. The summed E-state index contributed by atoms with van der Waals surface area (Å²) in [7, 11) is 0. The number of nitrogens with one attached hydrogen (secondary N) is 1. The minimum absolute atomic E-state index is 0.0135. The van der Waals surface area contributed by atoms with E-state index in [0.29, 0.717) is 6.54 Å². The lowest BCUT2D eigenvalue weighted by Crippen LogP contribution is -2.54. The summed E-state index contributed by atoms with van der Waals surface area (Å²) < 4.78 is 0. The van der Waals surface area contributed by atoms with E-state index < -0.39 is 11.6 Å². The molecule has 0 spiro atoms. The smallest absolute Gasteiger partial charge is 0.245 e. The fourth-order valence-electron chi connectivity index (χ4n) is 3.77. The number of likely N-dealkylation sites (tertiary alicyclic amines) is 1. The van der Waals surface area contributed by atoms with Gasteiger partial charge in [-0.05, 0) is 46.5 Å². The molecule has 2 rings (SSSR count). The van der Waals surface area contributed by atoms with Crippen molar-refractivity contribution in [3.05, 3.63) is 0 Å². The molecule has 2 fully saturated rings. The van der Waals surface area contributed by atoms with Gasteiger partial charge in [-0.1, -0.05) is 19.3 Å². The Kier molecular flexibility index (Phi) is 5.48. The molecule has 1 aliphatic heterocycles. The SMILES string of the molecule is CC(NC(=O)C1CCCCC1)C(=O)N1CCCC1C(C)(C)O. The molecule has 2 N–H and O–H groups in total. The van der Waals surface area contributed by atoms with Crippen LogP contribution in [0.3, 0.4) is 0 Å². The van der Waals surface area contributed by atoms with Gasteiger partial charge in [0.1, 0.15) is 6.04 Å². The van der Waals surface area contributed by atoms with Crippen LogP contribution in [0.4, 0.5) is 0 Å². The van der Waals surface area contributed by atoms with Crippen LogP contribution in [0.25, 0.3) is 0 Å². The van der Waals surface area contributed by atoms with E-state index in [1.54, 1.807) is 25.7 Å². The lowest BCUT2D eigenvalue weighted by atomic mass is 9.88. The molecular formula is C17H30N2O3. The molecule has 1 saturated heterocycles. The first kappa shape index (κ1) is 17.3. The molecule has 22 heavy (non-hydrogen) atoms. The summed E-state index contributed by atoms with van der Waals surface area (Å²) in [5.41, 5.74) is -0.904. The Morgan fingerprint density at radius 2 is 1.77 bits per heavy atom.